The molecule has 3 N–H and O–H groups in total. The van der Waals surface area contributed by atoms with E-state index in [0.717, 1.165) is 50.8 Å². The number of unbranched alkanes of at least 4 members (excludes halogenated alkanes) is 1. The molecule has 108 valence electrons. The van der Waals surface area contributed by atoms with Crippen molar-refractivity contribution in [2.45, 2.75) is 52.4 Å². The molecule has 3 nitrogen and oxygen atoms in total. The highest BCUT2D eigenvalue weighted by Crippen LogP contribution is 2.32. The Morgan fingerprint density at radius 3 is 2.42 bits per heavy atom. The standard InChI is InChI=1S/C16H27NO2/c1-3-7-14-13(9-10-15(18)16(14)19)8-5-6-12-17-11-4-2/h9-10,17-19H,3-8,11-12H2,1-2H3. The molecule has 3 heteroatoms. The third kappa shape index (κ3) is 5.11. The van der Waals surface area contributed by atoms with Crippen LogP contribution in [0.4, 0.5) is 0 Å². The van der Waals surface area contributed by atoms with Crippen LogP contribution in [0.15, 0.2) is 12.1 Å². The second-order valence-electron chi connectivity index (χ2n) is 5.03. The van der Waals surface area contributed by atoms with Crippen molar-refractivity contribution in [1.82, 2.24) is 5.32 Å². The van der Waals surface area contributed by atoms with Crippen molar-refractivity contribution in [3.63, 3.8) is 0 Å². The highest BCUT2D eigenvalue weighted by atomic mass is 16.3. The molecule has 1 aromatic carbocycles. The molecule has 0 aromatic heterocycles. The predicted octanol–water partition coefficient (Wildman–Crippen LogP) is 3.37. The van der Waals surface area contributed by atoms with Crippen molar-refractivity contribution < 1.29 is 10.2 Å². The zero-order valence-electron chi connectivity index (χ0n) is 12.2. The third-order valence-corrected chi connectivity index (χ3v) is 3.33. The Balaban J connectivity index is 2.50. The van der Waals surface area contributed by atoms with Crippen LogP contribution in [0.25, 0.3) is 0 Å². The minimum atomic E-state index is -0.00295. The van der Waals surface area contributed by atoms with Gasteiger partial charge >= 0.3 is 0 Å². The third-order valence-electron chi connectivity index (χ3n) is 3.33. The summed E-state index contributed by atoms with van der Waals surface area (Å²) in [6, 6.07) is 3.54. The van der Waals surface area contributed by atoms with Gasteiger partial charge in [0.1, 0.15) is 0 Å². The Bertz CT molecular complexity index is 377. The highest BCUT2D eigenvalue weighted by Gasteiger charge is 2.10. The van der Waals surface area contributed by atoms with Crippen LogP contribution >= 0.6 is 0 Å². The van der Waals surface area contributed by atoms with Crippen molar-refractivity contribution in [3.05, 3.63) is 23.3 Å². The summed E-state index contributed by atoms with van der Waals surface area (Å²) in [6.07, 6.45) is 6.19. The van der Waals surface area contributed by atoms with E-state index in [1.807, 2.05) is 6.07 Å². The van der Waals surface area contributed by atoms with E-state index in [1.54, 1.807) is 6.07 Å². The number of rotatable bonds is 9. The molecule has 0 aliphatic rings. The number of nitrogens with one attached hydrogen (secondary N) is 1. The number of phenols is 2. The minimum Gasteiger partial charge on any atom is -0.504 e. The lowest BCUT2D eigenvalue weighted by Crippen LogP contribution is -2.15. The molecule has 0 radical (unpaired) electrons. The number of aryl methyl sites for hydroxylation is 1. The van der Waals surface area contributed by atoms with Gasteiger partial charge in [0.15, 0.2) is 11.5 Å². The van der Waals surface area contributed by atoms with Crippen LogP contribution in [0.5, 0.6) is 11.5 Å². The molecule has 0 fully saturated rings. The predicted molar refractivity (Wildman–Crippen MR) is 79.9 cm³/mol. The monoisotopic (exact) mass is 265 g/mol. The average molecular weight is 265 g/mol. The summed E-state index contributed by atoms with van der Waals surface area (Å²) in [4.78, 5) is 0. The summed E-state index contributed by atoms with van der Waals surface area (Å²) >= 11 is 0. The number of hydrogen-bond acceptors (Lipinski definition) is 3. The molecule has 0 unspecified atom stereocenters. The van der Waals surface area contributed by atoms with Crippen LogP contribution < -0.4 is 5.32 Å². The van der Waals surface area contributed by atoms with Gasteiger partial charge in [-0.1, -0.05) is 26.3 Å². The molecule has 0 aliphatic carbocycles. The van der Waals surface area contributed by atoms with E-state index in [1.165, 1.54) is 12.0 Å². The molecule has 0 heterocycles. The lowest BCUT2D eigenvalue weighted by Gasteiger charge is -2.12. The average Bonchev–Trinajstić information content (AvgIpc) is 2.41. The SMILES string of the molecule is CCCNCCCCc1ccc(O)c(O)c1CCC. The summed E-state index contributed by atoms with van der Waals surface area (Å²) in [5.74, 6) is 0.0697. The van der Waals surface area contributed by atoms with Crippen LogP contribution in [0.3, 0.4) is 0 Å². The molecule has 19 heavy (non-hydrogen) atoms. The van der Waals surface area contributed by atoms with Crippen molar-refractivity contribution in [1.29, 1.82) is 0 Å². The first kappa shape index (κ1) is 15.8. The number of aromatic hydroxyl groups is 2. The lowest BCUT2D eigenvalue weighted by molar-refractivity contribution is 0.398. The Morgan fingerprint density at radius 1 is 0.947 bits per heavy atom. The van der Waals surface area contributed by atoms with Gasteiger partial charge in [0.25, 0.3) is 0 Å². The molecule has 1 aromatic rings. The first-order valence-corrected chi connectivity index (χ1v) is 7.44. The van der Waals surface area contributed by atoms with Crippen molar-refractivity contribution in [3.8, 4) is 11.5 Å². The highest BCUT2D eigenvalue weighted by molar-refractivity contribution is 5.49. The Kier molecular flexibility index (Phi) is 7.34. The van der Waals surface area contributed by atoms with Gasteiger partial charge in [-0.05, 0) is 56.8 Å². The van der Waals surface area contributed by atoms with Crippen LogP contribution in [0.2, 0.25) is 0 Å². The van der Waals surface area contributed by atoms with E-state index in [4.69, 9.17) is 0 Å². The fourth-order valence-electron chi connectivity index (χ4n) is 2.30. The van der Waals surface area contributed by atoms with Gasteiger partial charge in [0, 0.05) is 5.56 Å². The first-order valence-electron chi connectivity index (χ1n) is 7.44. The normalized spacial score (nSPS) is 10.8. The Hall–Kier alpha value is -1.22. The maximum Gasteiger partial charge on any atom is 0.160 e. The first-order chi connectivity index (χ1) is 9.20. The molecule has 1 rings (SSSR count). The summed E-state index contributed by atoms with van der Waals surface area (Å²) in [5, 5.41) is 22.9. The maximum absolute atomic E-state index is 9.92. The van der Waals surface area contributed by atoms with Crippen LogP contribution in [0, 0.1) is 0 Å². The van der Waals surface area contributed by atoms with Crippen LogP contribution in [-0.2, 0) is 12.8 Å². The Morgan fingerprint density at radius 2 is 1.74 bits per heavy atom. The zero-order chi connectivity index (χ0) is 14.1. The molecule has 0 aliphatic heterocycles. The lowest BCUT2D eigenvalue weighted by atomic mass is 9.97. The fraction of sp³-hybridized carbons (Fsp3) is 0.625. The summed E-state index contributed by atoms with van der Waals surface area (Å²) < 4.78 is 0. The van der Waals surface area contributed by atoms with E-state index in [-0.39, 0.29) is 11.5 Å². The zero-order valence-corrected chi connectivity index (χ0v) is 12.2. The maximum atomic E-state index is 9.92. The van der Waals surface area contributed by atoms with E-state index in [9.17, 15) is 10.2 Å². The number of benzene rings is 1. The second-order valence-corrected chi connectivity index (χ2v) is 5.03. The van der Waals surface area contributed by atoms with E-state index in [0.29, 0.717) is 0 Å². The van der Waals surface area contributed by atoms with Gasteiger partial charge in [0.05, 0.1) is 0 Å². The minimum absolute atomic E-state index is 0.00295. The van der Waals surface area contributed by atoms with Crippen molar-refractivity contribution in [2.75, 3.05) is 13.1 Å². The topological polar surface area (TPSA) is 52.5 Å². The Labute approximate surface area is 116 Å². The van der Waals surface area contributed by atoms with E-state index < -0.39 is 0 Å². The van der Waals surface area contributed by atoms with Crippen molar-refractivity contribution in [2.24, 2.45) is 0 Å². The summed E-state index contributed by atoms with van der Waals surface area (Å²) in [5.41, 5.74) is 2.09. The van der Waals surface area contributed by atoms with E-state index in [2.05, 4.69) is 19.2 Å². The largest absolute Gasteiger partial charge is 0.504 e. The van der Waals surface area contributed by atoms with Gasteiger partial charge < -0.3 is 15.5 Å². The number of phenolic OH excluding ortho intramolecular Hbond substituents is 2. The fourth-order valence-corrected chi connectivity index (χ4v) is 2.30. The second kappa shape index (κ2) is 8.81. The molecule has 0 saturated heterocycles. The quantitative estimate of drug-likeness (QED) is 0.474. The van der Waals surface area contributed by atoms with E-state index >= 15 is 0 Å². The number of hydrogen-bond donors (Lipinski definition) is 3. The van der Waals surface area contributed by atoms with Gasteiger partial charge in [-0.15, -0.1) is 0 Å². The molecular formula is C16H27NO2. The van der Waals surface area contributed by atoms with Gasteiger partial charge in [-0.25, -0.2) is 0 Å². The molecule has 0 atom stereocenters. The van der Waals surface area contributed by atoms with Gasteiger partial charge in [-0.3, -0.25) is 0 Å². The van der Waals surface area contributed by atoms with Gasteiger partial charge in [0.2, 0.25) is 0 Å². The molecular weight excluding hydrogens is 238 g/mol. The molecule has 0 bridgehead atoms. The molecule has 0 amide bonds. The van der Waals surface area contributed by atoms with Crippen molar-refractivity contribution >= 4 is 0 Å². The van der Waals surface area contributed by atoms with Crippen LogP contribution in [-0.4, -0.2) is 23.3 Å². The molecule has 0 saturated carbocycles. The summed E-state index contributed by atoms with van der Waals surface area (Å²) in [6.45, 7) is 6.40. The molecule has 0 spiro atoms. The van der Waals surface area contributed by atoms with Crippen LogP contribution in [0.1, 0.15) is 50.7 Å². The van der Waals surface area contributed by atoms with Gasteiger partial charge in [-0.2, -0.15) is 0 Å². The smallest absolute Gasteiger partial charge is 0.160 e. The summed E-state index contributed by atoms with van der Waals surface area (Å²) in [7, 11) is 0.